The van der Waals surface area contributed by atoms with Crippen molar-refractivity contribution in [2.45, 2.75) is 52.5 Å². The summed E-state index contributed by atoms with van der Waals surface area (Å²) in [6.07, 6.45) is 2.53. The summed E-state index contributed by atoms with van der Waals surface area (Å²) in [7, 11) is 0. The van der Waals surface area contributed by atoms with Crippen molar-refractivity contribution in [2.24, 2.45) is 0 Å². The molecule has 2 heteroatoms. The number of hydrogen-bond acceptors (Lipinski definition) is 2. The van der Waals surface area contributed by atoms with Gasteiger partial charge in [-0.05, 0) is 32.0 Å². The predicted molar refractivity (Wildman–Crippen MR) is 69.8 cm³/mol. The Balaban J connectivity index is 2.66. The average molecular weight is 225 g/mol. The van der Waals surface area contributed by atoms with Crippen molar-refractivity contribution in [3.63, 3.8) is 0 Å². The molecule has 2 atom stereocenters. The molecule has 1 nitrogen and oxygen atoms in total. The average Bonchev–Trinajstić information content (AvgIpc) is 2.63. The van der Waals surface area contributed by atoms with E-state index in [-0.39, 0.29) is 0 Å². The summed E-state index contributed by atoms with van der Waals surface area (Å²) in [5, 5.41) is 3.60. The van der Waals surface area contributed by atoms with Gasteiger partial charge in [0.25, 0.3) is 0 Å². The number of rotatable bonds is 6. The van der Waals surface area contributed by atoms with Gasteiger partial charge in [0.15, 0.2) is 0 Å². The molecule has 0 saturated heterocycles. The first-order valence-corrected chi connectivity index (χ1v) is 6.80. The van der Waals surface area contributed by atoms with Crippen molar-refractivity contribution in [1.29, 1.82) is 0 Å². The molecule has 1 aromatic heterocycles. The summed E-state index contributed by atoms with van der Waals surface area (Å²) < 4.78 is 0. The highest BCUT2D eigenvalue weighted by atomic mass is 32.1. The Labute approximate surface area is 97.9 Å². The van der Waals surface area contributed by atoms with E-state index in [2.05, 4.69) is 45.1 Å². The lowest BCUT2D eigenvalue weighted by atomic mass is 9.96. The van der Waals surface area contributed by atoms with Gasteiger partial charge in [-0.2, -0.15) is 0 Å². The van der Waals surface area contributed by atoms with Crippen molar-refractivity contribution >= 4 is 11.3 Å². The molecule has 1 N–H and O–H groups in total. The summed E-state index contributed by atoms with van der Waals surface area (Å²) in [6.45, 7) is 10.0. The van der Waals surface area contributed by atoms with Gasteiger partial charge in [-0.1, -0.05) is 27.2 Å². The third kappa shape index (κ3) is 3.62. The van der Waals surface area contributed by atoms with E-state index in [0.717, 1.165) is 6.54 Å². The standard InChI is InChI=1S/C13H23NS/c1-5-7-12(14-6-2)11(4)13-9-8-10(3)15-13/h8-9,11-12,14H,5-7H2,1-4H3. The van der Waals surface area contributed by atoms with Gasteiger partial charge >= 0.3 is 0 Å². The van der Waals surface area contributed by atoms with E-state index in [9.17, 15) is 0 Å². The minimum Gasteiger partial charge on any atom is -0.314 e. The van der Waals surface area contributed by atoms with Gasteiger partial charge in [0.2, 0.25) is 0 Å². The largest absolute Gasteiger partial charge is 0.314 e. The van der Waals surface area contributed by atoms with Crippen LogP contribution in [-0.4, -0.2) is 12.6 Å². The fourth-order valence-corrected chi connectivity index (χ4v) is 2.99. The zero-order valence-electron chi connectivity index (χ0n) is 10.3. The molecule has 86 valence electrons. The Hall–Kier alpha value is -0.340. The molecule has 0 amide bonds. The van der Waals surface area contributed by atoms with Crippen LogP contribution in [0.2, 0.25) is 0 Å². The summed E-state index contributed by atoms with van der Waals surface area (Å²) in [6, 6.07) is 5.15. The van der Waals surface area contributed by atoms with Crippen LogP contribution in [0.15, 0.2) is 12.1 Å². The minimum atomic E-state index is 0.637. The molecule has 0 spiro atoms. The van der Waals surface area contributed by atoms with Crippen LogP contribution in [0.25, 0.3) is 0 Å². The second-order valence-electron chi connectivity index (χ2n) is 4.19. The van der Waals surface area contributed by atoms with E-state index >= 15 is 0 Å². The molecule has 0 bridgehead atoms. The molecule has 0 saturated carbocycles. The van der Waals surface area contributed by atoms with E-state index in [1.807, 2.05) is 11.3 Å². The Kier molecular flexibility index (Phi) is 5.34. The van der Waals surface area contributed by atoms with Crippen molar-refractivity contribution in [3.8, 4) is 0 Å². The van der Waals surface area contributed by atoms with E-state index in [1.165, 1.54) is 22.6 Å². The van der Waals surface area contributed by atoms with Gasteiger partial charge in [0, 0.05) is 21.7 Å². The summed E-state index contributed by atoms with van der Waals surface area (Å²) in [5.74, 6) is 0.642. The van der Waals surface area contributed by atoms with Crippen LogP contribution >= 0.6 is 11.3 Å². The van der Waals surface area contributed by atoms with E-state index in [4.69, 9.17) is 0 Å². The van der Waals surface area contributed by atoms with Gasteiger partial charge < -0.3 is 5.32 Å². The van der Waals surface area contributed by atoms with E-state index in [1.54, 1.807) is 0 Å². The Morgan fingerprint density at radius 3 is 2.53 bits per heavy atom. The third-order valence-electron chi connectivity index (χ3n) is 2.88. The first-order chi connectivity index (χ1) is 7.19. The lowest BCUT2D eigenvalue weighted by Gasteiger charge is -2.23. The normalized spacial score (nSPS) is 15.2. The molecule has 1 aromatic rings. The molecule has 2 unspecified atom stereocenters. The maximum atomic E-state index is 3.60. The van der Waals surface area contributed by atoms with Crippen molar-refractivity contribution < 1.29 is 0 Å². The van der Waals surface area contributed by atoms with Gasteiger partial charge in [-0.3, -0.25) is 0 Å². The summed E-state index contributed by atoms with van der Waals surface area (Å²) in [5.41, 5.74) is 0. The van der Waals surface area contributed by atoms with Crippen LogP contribution in [-0.2, 0) is 0 Å². The van der Waals surface area contributed by atoms with Gasteiger partial charge in [0.1, 0.15) is 0 Å². The van der Waals surface area contributed by atoms with Crippen molar-refractivity contribution in [3.05, 3.63) is 21.9 Å². The molecule has 0 aromatic carbocycles. The minimum absolute atomic E-state index is 0.637. The van der Waals surface area contributed by atoms with Crippen molar-refractivity contribution in [1.82, 2.24) is 5.32 Å². The predicted octanol–water partition coefficient (Wildman–Crippen LogP) is 3.94. The van der Waals surface area contributed by atoms with Crippen LogP contribution in [0.5, 0.6) is 0 Å². The lowest BCUT2D eigenvalue weighted by molar-refractivity contribution is 0.433. The highest BCUT2D eigenvalue weighted by Crippen LogP contribution is 2.28. The topological polar surface area (TPSA) is 12.0 Å². The zero-order chi connectivity index (χ0) is 11.3. The zero-order valence-corrected chi connectivity index (χ0v) is 11.2. The first-order valence-electron chi connectivity index (χ1n) is 5.98. The van der Waals surface area contributed by atoms with Crippen LogP contribution in [0, 0.1) is 6.92 Å². The Morgan fingerprint density at radius 1 is 1.33 bits per heavy atom. The van der Waals surface area contributed by atoms with Gasteiger partial charge in [0.05, 0.1) is 0 Å². The molecule has 0 aliphatic carbocycles. The summed E-state index contributed by atoms with van der Waals surface area (Å²) >= 11 is 1.94. The third-order valence-corrected chi connectivity index (χ3v) is 4.08. The maximum Gasteiger partial charge on any atom is 0.0141 e. The summed E-state index contributed by atoms with van der Waals surface area (Å²) in [4.78, 5) is 2.94. The fourth-order valence-electron chi connectivity index (χ4n) is 2.00. The Morgan fingerprint density at radius 2 is 2.07 bits per heavy atom. The van der Waals surface area contributed by atoms with Crippen LogP contribution in [0.3, 0.4) is 0 Å². The molecule has 0 aliphatic heterocycles. The molecule has 0 fully saturated rings. The van der Waals surface area contributed by atoms with Crippen molar-refractivity contribution in [2.75, 3.05) is 6.54 Å². The van der Waals surface area contributed by atoms with Gasteiger partial charge in [-0.25, -0.2) is 0 Å². The number of aryl methyl sites for hydroxylation is 1. The molecule has 0 aliphatic rings. The SMILES string of the molecule is CCCC(NCC)C(C)c1ccc(C)s1. The second kappa shape index (κ2) is 6.29. The molecule has 1 heterocycles. The maximum absolute atomic E-state index is 3.60. The number of nitrogens with one attached hydrogen (secondary N) is 1. The fraction of sp³-hybridized carbons (Fsp3) is 0.692. The van der Waals surface area contributed by atoms with Gasteiger partial charge in [-0.15, -0.1) is 11.3 Å². The smallest absolute Gasteiger partial charge is 0.0141 e. The van der Waals surface area contributed by atoms with Crippen LogP contribution in [0.4, 0.5) is 0 Å². The second-order valence-corrected chi connectivity index (χ2v) is 5.51. The highest BCUT2D eigenvalue weighted by molar-refractivity contribution is 7.12. The molecular formula is C13H23NS. The highest BCUT2D eigenvalue weighted by Gasteiger charge is 2.18. The number of likely N-dealkylation sites (N-methyl/N-ethyl adjacent to an activating group) is 1. The number of hydrogen-bond donors (Lipinski definition) is 1. The lowest BCUT2D eigenvalue weighted by Crippen LogP contribution is -2.33. The Bertz CT molecular complexity index is 274. The monoisotopic (exact) mass is 225 g/mol. The molecule has 0 radical (unpaired) electrons. The molecule has 15 heavy (non-hydrogen) atoms. The number of thiophene rings is 1. The molecular weight excluding hydrogens is 202 g/mol. The van der Waals surface area contributed by atoms with Crippen LogP contribution < -0.4 is 5.32 Å². The van der Waals surface area contributed by atoms with E-state index < -0.39 is 0 Å². The molecule has 1 rings (SSSR count). The van der Waals surface area contributed by atoms with Crippen LogP contribution in [0.1, 0.15) is 49.3 Å². The van der Waals surface area contributed by atoms with E-state index in [0.29, 0.717) is 12.0 Å². The first kappa shape index (κ1) is 12.7. The quantitative estimate of drug-likeness (QED) is 0.773.